The van der Waals surface area contributed by atoms with Gasteiger partial charge in [0.2, 0.25) is 5.91 Å². The molecule has 0 unspecified atom stereocenters. The maximum atomic E-state index is 11.9. The molecule has 24 heavy (non-hydrogen) atoms. The number of aliphatic imine (C=N–C) groups is 1. The summed E-state index contributed by atoms with van der Waals surface area (Å²) in [5.41, 5.74) is 1.90. The van der Waals surface area contributed by atoms with Gasteiger partial charge in [-0.05, 0) is 46.2 Å². The first-order valence-corrected chi connectivity index (χ1v) is 8.22. The molecule has 0 aliphatic rings. The normalized spacial score (nSPS) is 11.8. The summed E-state index contributed by atoms with van der Waals surface area (Å²) in [6.45, 7) is 11.2. The van der Waals surface area contributed by atoms with Crippen molar-refractivity contribution in [1.29, 1.82) is 0 Å². The minimum absolute atomic E-state index is 0.0685. The van der Waals surface area contributed by atoms with E-state index in [1.807, 2.05) is 52.8 Å². The number of carbonyl (C=O) groups is 1. The smallest absolute Gasteiger partial charge is 0.239 e. The van der Waals surface area contributed by atoms with Crippen LogP contribution in [-0.4, -0.2) is 37.6 Å². The first-order chi connectivity index (χ1) is 11.2. The Bertz CT molecular complexity index is 577. The van der Waals surface area contributed by atoms with E-state index in [-0.39, 0.29) is 18.0 Å². The zero-order chi connectivity index (χ0) is 18.2. The molecule has 1 aromatic rings. The number of nitrogens with one attached hydrogen (secondary N) is 3. The lowest BCUT2D eigenvalue weighted by Gasteiger charge is -2.21. The van der Waals surface area contributed by atoms with Crippen LogP contribution >= 0.6 is 0 Å². The van der Waals surface area contributed by atoms with E-state index >= 15 is 0 Å². The first-order valence-electron chi connectivity index (χ1n) is 8.22. The summed E-state index contributed by atoms with van der Waals surface area (Å²) in [7, 11) is 1.66. The number of hydrogen-bond donors (Lipinski definition) is 3. The molecule has 0 spiro atoms. The van der Waals surface area contributed by atoms with Crippen LogP contribution in [0.2, 0.25) is 0 Å². The number of aryl methyl sites for hydroxylation is 1. The number of amides is 1. The summed E-state index contributed by atoms with van der Waals surface area (Å²) in [6.07, 6.45) is 0. The SMILES string of the molecule is CCNC(=NCc1ccc(C)cc1OC)NCC(=O)NC(C)(C)C. The number of ether oxygens (including phenoxy) is 1. The molecule has 6 heteroatoms. The third kappa shape index (κ3) is 7.35. The summed E-state index contributed by atoms with van der Waals surface area (Å²) in [5.74, 6) is 1.35. The summed E-state index contributed by atoms with van der Waals surface area (Å²) in [5, 5.41) is 9.10. The van der Waals surface area contributed by atoms with Gasteiger partial charge in [-0.25, -0.2) is 4.99 Å². The average molecular weight is 334 g/mol. The predicted molar refractivity (Wildman–Crippen MR) is 98.4 cm³/mol. The topological polar surface area (TPSA) is 74.8 Å². The quantitative estimate of drug-likeness (QED) is 0.549. The van der Waals surface area contributed by atoms with E-state index in [1.54, 1.807) is 7.11 Å². The maximum Gasteiger partial charge on any atom is 0.239 e. The van der Waals surface area contributed by atoms with E-state index in [9.17, 15) is 4.79 Å². The van der Waals surface area contributed by atoms with Crippen molar-refractivity contribution in [3.63, 3.8) is 0 Å². The Morgan fingerprint density at radius 2 is 1.96 bits per heavy atom. The molecule has 3 N–H and O–H groups in total. The first kappa shape index (κ1) is 19.8. The Kier molecular flexibility index (Phi) is 7.55. The Balaban J connectivity index is 2.71. The molecule has 6 nitrogen and oxygen atoms in total. The minimum Gasteiger partial charge on any atom is -0.496 e. The van der Waals surface area contributed by atoms with Crippen LogP contribution in [0.3, 0.4) is 0 Å². The van der Waals surface area contributed by atoms with Gasteiger partial charge in [-0.15, -0.1) is 0 Å². The molecule has 0 saturated heterocycles. The molecule has 1 aromatic carbocycles. The van der Waals surface area contributed by atoms with Gasteiger partial charge >= 0.3 is 0 Å². The van der Waals surface area contributed by atoms with E-state index in [4.69, 9.17) is 4.74 Å². The zero-order valence-electron chi connectivity index (χ0n) is 15.6. The Hall–Kier alpha value is -2.24. The molecule has 0 aromatic heterocycles. The molecule has 0 atom stereocenters. The van der Waals surface area contributed by atoms with Crippen molar-refractivity contribution < 1.29 is 9.53 Å². The highest BCUT2D eigenvalue weighted by molar-refractivity contribution is 5.86. The van der Waals surface area contributed by atoms with Gasteiger partial charge in [-0.2, -0.15) is 0 Å². The summed E-state index contributed by atoms with van der Waals surface area (Å²) < 4.78 is 5.40. The molecule has 0 radical (unpaired) electrons. The summed E-state index contributed by atoms with van der Waals surface area (Å²) in [4.78, 5) is 16.4. The van der Waals surface area contributed by atoms with E-state index < -0.39 is 0 Å². The molecular formula is C18H30N4O2. The molecule has 1 rings (SSSR count). The lowest BCUT2D eigenvalue weighted by atomic mass is 10.1. The Labute approximate surface area is 145 Å². The Morgan fingerprint density at radius 3 is 2.54 bits per heavy atom. The molecule has 0 aliphatic carbocycles. The molecule has 0 aliphatic heterocycles. The number of methoxy groups -OCH3 is 1. The lowest BCUT2D eigenvalue weighted by molar-refractivity contribution is -0.121. The van der Waals surface area contributed by atoms with Crippen molar-refractivity contribution in [2.45, 2.75) is 46.7 Å². The summed E-state index contributed by atoms with van der Waals surface area (Å²) >= 11 is 0. The fourth-order valence-corrected chi connectivity index (χ4v) is 2.11. The predicted octanol–water partition coefficient (Wildman–Crippen LogP) is 1.97. The number of guanidine groups is 1. The van der Waals surface area contributed by atoms with Crippen LogP contribution in [-0.2, 0) is 11.3 Å². The zero-order valence-corrected chi connectivity index (χ0v) is 15.6. The van der Waals surface area contributed by atoms with Gasteiger partial charge in [-0.1, -0.05) is 12.1 Å². The van der Waals surface area contributed by atoms with Crippen molar-refractivity contribution in [2.24, 2.45) is 4.99 Å². The molecule has 0 bridgehead atoms. The molecule has 0 fully saturated rings. The fourth-order valence-electron chi connectivity index (χ4n) is 2.11. The minimum atomic E-state index is -0.247. The maximum absolute atomic E-state index is 11.9. The highest BCUT2D eigenvalue weighted by atomic mass is 16.5. The lowest BCUT2D eigenvalue weighted by Crippen LogP contribution is -2.48. The van der Waals surface area contributed by atoms with Crippen molar-refractivity contribution in [2.75, 3.05) is 20.2 Å². The average Bonchev–Trinajstić information content (AvgIpc) is 2.49. The van der Waals surface area contributed by atoms with Crippen molar-refractivity contribution in [1.82, 2.24) is 16.0 Å². The van der Waals surface area contributed by atoms with Crippen LogP contribution in [0, 0.1) is 6.92 Å². The number of rotatable bonds is 6. The van der Waals surface area contributed by atoms with Crippen molar-refractivity contribution in [3.8, 4) is 5.75 Å². The monoisotopic (exact) mass is 334 g/mol. The summed E-state index contributed by atoms with van der Waals surface area (Å²) in [6, 6.07) is 6.03. The van der Waals surface area contributed by atoms with E-state index in [1.165, 1.54) is 0 Å². The van der Waals surface area contributed by atoms with Gasteiger partial charge in [-0.3, -0.25) is 4.79 Å². The standard InChI is InChI=1S/C18H30N4O2/c1-7-19-17(21-12-16(23)22-18(3,4)5)20-11-14-9-8-13(2)10-15(14)24-6/h8-10H,7,11-12H2,1-6H3,(H,22,23)(H2,19,20,21). The van der Waals surface area contributed by atoms with Gasteiger partial charge in [0.25, 0.3) is 0 Å². The second kappa shape index (κ2) is 9.15. The highest BCUT2D eigenvalue weighted by Crippen LogP contribution is 2.20. The van der Waals surface area contributed by atoms with E-state index in [0.717, 1.165) is 23.4 Å². The molecule has 0 heterocycles. The van der Waals surface area contributed by atoms with Crippen LogP contribution in [0.25, 0.3) is 0 Å². The van der Waals surface area contributed by atoms with Gasteiger partial charge in [0.1, 0.15) is 5.75 Å². The highest BCUT2D eigenvalue weighted by Gasteiger charge is 2.13. The van der Waals surface area contributed by atoms with Crippen LogP contribution in [0.1, 0.15) is 38.8 Å². The Morgan fingerprint density at radius 1 is 1.25 bits per heavy atom. The van der Waals surface area contributed by atoms with Crippen molar-refractivity contribution in [3.05, 3.63) is 29.3 Å². The molecular weight excluding hydrogens is 304 g/mol. The second-order valence-electron chi connectivity index (χ2n) is 6.66. The molecule has 1 amide bonds. The van der Waals surface area contributed by atoms with Crippen molar-refractivity contribution >= 4 is 11.9 Å². The molecule has 0 saturated carbocycles. The van der Waals surface area contributed by atoms with Gasteiger partial charge in [0.15, 0.2) is 5.96 Å². The van der Waals surface area contributed by atoms with Crippen LogP contribution < -0.4 is 20.7 Å². The number of carbonyl (C=O) groups excluding carboxylic acids is 1. The van der Waals surface area contributed by atoms with E-state index in [2.05, 4.69) is 20.9 Å². The third-order valence-electron chi connectivity index (χ3n) is 3.13. The van der Waals surface area contributed by atoms with Crippen LogP contribution in [0.4, 0.5) is 0 Å². The van der Waals surface area contributed by atoms with Gasteiger partial charge in [0, 0.05) is 17.6 Å². The van der Waals surface area contributed by atoms with Gasteiger partial charge in [0.05, 0.1) is 20.2 Å². The number of nitrogens with zero attached hydrogens (tertiary/aromatic N) is 1. The second-order valence-corrected chi connectivity index (χ2v) is 6.66. The van der Waals surface area contributed by atoms with E-state index in [0.29, 0.717) is 12.5 Å². The number of benzene rings is 1. The van der Waals surface area contributed by atoms with Crippen LogP contribution in [0.15, 0.2) is 23.2 Å². The van der Waals surface area contributed by atoms with Crippen LogP contribution in [0.5, 0.6) is 5.75 Å². The number of hydrogen-bond acceptors (Lipinski definition) is 3. The third-order valence-corrected chi connectivity index (χ3v) is 3.13. The fraction of sp³-hybridized carbons (Fsp3) is 0.556. The van der Waals surface area contributed by atoms with Gasteiger partial charge < -0.3 is 20.7 Å². The molecule has 134 valence electrons. The largest absolute Gasteiger partial charge is 0.496 e.